The van der Waals surface area contributed by atoms with Gasteiger partial charge in [-0.1, -0.05) is 0 Å². The van der Waals surface area contributed by atoms with Crippen molar-refractivity contribution in [3.8, 4) is 0 Å². The van der Waals surface area contributed by atoms with Gasteiger partial charge in [0.2, 0.25) is 0 Å². The van der Waals surface area contributed by atoms with Gasteiger partial charge < -0.3 is 10.1 Å². The molecule has 0 saturated carbocycles. The van der Waals surface area contributed by atoms with Crippen LogP contribution in [0.3, 0.4) is 0 Å². The molecule has 0 aliphatic rings. The fourth-order valence-electron chi connectivity index (χ4n) is 1.92. The van der Waals surface area contributed by atoms with E-state index in [4.69, 9.17) is 4.74 Å². The maximum atomic E-state index is 13.4. The molecule has 1 heterocycles. The van der Waals surface area contributed by atoms with Gasteiger partial charge in [-0.25, -0.2) is 14.2 Å². The zero-order chi connectivity index (χ0) is 14.7. The van der Waals surface area contributed by atoms with E-state index in [2.05, 4.69) is 10.3 Å². The van der Waals surface area contributed by atoms with E-state index in [0.29, 0.717) is 5.69 Å². The van der Waals surface area contributed by atoms with Gasteiger partial charge in [-0.05, 0) is 37.6 Å². The molecule has 0 spiro atoms. The summed E-state index contributed by atoms with van der Waals surface area (Å²) in [5.74, 6) is -0.781. The number of rotatable bonds is 4. The van der Waals surface area contributed by atoms with Crippen LogP contribution in [-0.2, 0) is 9.53 Å². The maximum absolute atomic E-state index is 13.4. The van der Waals surface area contributed by atoms with Crippen LogP contribution in [0, 0.1) is 19.7 Å². The minimum absolute atomic E-state index is 0.350. The third-order valence-electron chi connectivity index (χ3n) is 2.83. The summed E-state index contributed by atoms with van der Waals surface area (Å²) in [4.78, 5) is 16.8. The summed E-state index contributed by atoms with van der Waals surface area (Å²) in [6, 6.07) is 3.86. The van der Waals surface area contributed by atoms with E-state index in [1.54, 1.807) is 18.5 Å². The molecule has 0 amide bonds. The van der Waals surface area contributed by atoms with E-state index in [-0.39, 0.29) is 5.82 Å². The van der Waals surface area contributed by atoms with Gasteiger partial charge >= 0.3 is 5.97 Å². The van der Waals surface area contributed by atoms with E-state index in [9.17, 15) is 9.18 Å². The molecule has 2 rings (SSSR count). The van der Waals surface area contributed by atoms with Gasteiger partial charge in [0.15, 0.2) is 6.04 Å². The zero-order valence-electron chi connectivity index (χ0n) is 11.4. The standard InChI is InChI=1S/C14H15FN2O2S/c1-8-4-10(15)6-11(5-8)17-12(14(18)19-3)13-9(2)16-7-20-13/h4-7,12,17H,1-3H3. The van der Waals surface area contributed by atoms with Gasteiger partial charge in [0.1, 0.15) is 5.82 Å². The molecule has 0 radical (unpaired) electrons. The Morgan fingerprint density at radius 1 is 1.40 bits per heavy atom. The van der Waals surface area contributed by atoms with E-state index in [1.807, 2.05) is 6.92 Å². The molecule has 0 aliphatic carbocycles. The highest BCUT2D eigenvalue weighted by Crippen LogP contribution is 2.27. The van der Waals surface area contributed by atoms with E-state index >= 15 is 0 Å². The second kappa shape index (κ2) is 6.00. The van der Waals surface area contributed by atoms with Crippen molar-refractivity contribution in [1.29, 1.82) is 0 Å². The minimum Gasteiger partial charge on any atom is -0.467 e. The number of benzene rings is 1. The first-order chi connectivity index (χ1) is 9.51. The fraction of sp³-hybridized carbons (Fsp3) is 0.286. The second-order valence-electron chi connectivity index (χ2n) is 4.42. The Morgan fingerprint density at radius 3 is 2.70 bits per heavy atom. The number of thiazole rings is 1. The number of aryl methyl sites for hydroxylation is 2. The zero-order valence-corrected chi connectivity index (χ0v) is 12.3. The number of carbonyl (C=O) groups excluding carboxylic acids is 1. The topological polar surface area (TPSA) is 51.2 Å². The first kappa shape index (κ1) is 14.5. The largest absolute Gasteiger partial charge is 0.467 e. The molecule has 2 aromatic rings. The molecular formula is C14H15FN2O2S. The van der Waals surface area contributed by atoms with Crippen molar-refractivity contribution < 1.29 is 13.9 Å². The van der Waals surface area contributed by atoms with Crippen LogP contribution in [0.4, 0.5) is 10.1 Å². The summed E-state index contributed by atoms with van der Waals surface area (Å²) in [6.07, 6.45) is 0. The molecule has 1 aromatic carbocycles. The maximum Gasteiger partial charge on any atom is 0.333 e. The smallest absolute Gasteiger partial charge is 0.333 e. The van der Waals surface area contributed by atoms with Gasteiger partial charge in [0.05, 0.1) is 23.2 Å². The number of esters is 1. The normalized spacial score (nSPS) is 12.0. The lowest BCUT2D eigenvalue weighted by Gasteiger charge is -2.17. The third kappa shape index (κ3) is 3.14. The van der Waals surface area contributed by atoms with Crippen molar-refractivity contribution in [3.63, 3.8) is 0 Å². The van der Waals surface area contributed by atoms with Crippen molar-refractivity contribution in [3.05, 3.63) is 45.7 Å². The first-order valence-electron chi connectivity index (χ1n) is 6.03. The number of carbonyl (C=O) groups is 1. The van der Waals surface area contributed by atoms with E-state index in [0.717, 1.165) is 16.1 Å². The van der Waals surface area contributed by atoms with Gasteiger partial charge in [-0.3, -0.25) is 0 Å². The molecule has 0 saturated heterocycles. The average Bonchev–Trinajstić information content (AvgIpc) is 2.80. The highest BCUT2D eigenvalue weighted by molar-refractivity contribution is 7.10. The Labute approximate surface area is 120 Å². The summed E-state index contributed by atoms with van der Waals surface area (Å²) in [6.45, 7) is 3.61. The predicted octanol–water partition coefficient (Wildman–Crippen LogP) is 3.23. The summed E-state index contributed by atoms with van der Waals surface area (Å²) in [7, 11) is 1.32. The Kier molecular flexibility index (Phi) is 4.34. The average molecular weight is 294 g/mol. The Balaban J connectivity index is 2.33. The summed E-state index contributed by atoms with van der Waals surface area (Å²) >= 11 is 1.36. The van der Waals surface area contributed by atoms with Crippen LogP contribution in [0.1, 0.15) is 22.2 Å². The molecule has 20 heavy (non-hydrogen) atoms. The van der Waals surface area contributed by atoms with Crippen molar-refractivity contribution in [2.45, 2.75) is 19.9 Å². The van der Waals surface area contributed by atoms with Crippen LogP contribution in [0.15, 0.2) is 23.7 Å². The van der Waals surface area contributed by atoms with Crippen LogP contribution in [0.2, 0.25) is 0 Å². The van der Waals surface area contributed by atoms with Gasteiger partial charge in [0.25, 0.3) is 0 Å². The van der Waals surface area contributed by atoms with Gasteiger partial charge in [0, 0.05) is 5.69 Å². The molecule has 6 heteroatoms. The SMILES string of the molecule is COC(=O)C(Nc1cc(C)cc(F)c1)c1scnc1C. The molecule has 0 aliphatic heterocycles. The Hall–Kier alpha value is -1.95. The number of nitrogens with zero attached hydrogens (tertiary/aromatic N) is 1. The van der Waals surface area contributed by atoms with Crippen molar-refractivity contribution in [2.75, 3.05) is 12.4 Å². The highest BCUT2D eigenvalue weighted by Gasteiger charge is 2.25. The van der Waals surface area contributed by atoms with Crippen LogP contribution < -0.4 is 5.32 Å². The van der Waals surface area contributed by atoms with Crippen molar-refractivity contribution in [2.24, 2.45) is 0 Å². The van der Waals surface area contributed by atoms with Gasteiger partial charge in [-0.15, -0.1) is 11.3 Å². The minimum atomic E-state index is -0.686. The summed E-state index contributed by atoms with van der Waals surface area (Å²) in [5.41, 5.74) is 3.73. The van der Waals surface area contributed by atoms with Crippen LogP contribution in [-0.4, -0.2) is 18.1 Å². The van der Waals surface area contributed by atoms with E-state index < -0.39 is 12.0 Å². The monoisotopic (exact) mass is 294 g/mol. The molecular weight excluding hydrogens is 279 g/mol. The van der Waals surface area contributed by atoms with Crippen LogP contribution in [0.25, 0.3) is 0 Å². The summed E-state index contributed by atoms with van der Waals surface area (Å²) < 4.78 is 18.2. The number of anilines is 1. The lowest BCUT2D eigenvalue weighted by atomic mass is 10.1. The number of nitrogens with one attached hydrogen (secondary N) is 1. The summed E-state index contributed by atoms with van der Waals surface area (Å²) in [5, 5.41) is 3.01. The molecule has 1 atom stereocenters. The Morgan fingerprint density at radius 2 is 2.15 bits per heavy atom. The molecule has 4 nitrogen and oxygen atoms in total. The third-order valence-corrected chi connectivity index (χ3v) is 3.83. The first-order valence-corrected chi connectivity index (χ1v) is 6.90. The lowest BCUT2D eigenvalue weighted by Crippen LogP contribution is -2.22. The lowest BCUT2D eigenvalue weighted by molar-refractivity contribution is -0.141. The van der Waals surface area contributed by atoms with Crippen molar-refractivity contribution in [1.82, 2.24) is 4.98 Å². The fourth-order valence-corrected chi connectivity index (χ4v) is 2.76. The number of hydrogen-bond acceptors (Lipinski definition) is 5. The molecule has 1 unspecified atom stereocenters. The molecule has 1 aromatic heterocycles. The molecule has 106 valence electrons. The predicted molar refractivity (Wildman–Crippen MR) is 76.4 cm³/mol. The van der Waals surface area contributed by atoms with Crippen LogP contribution >= 0.6 is 11.3 Å². The second-order valence-corrected chi connectivity index (χ2v) is 5.31. The number of ether oxygens (including phenoxy) is 1. The Bertz CT molecular complexity index is 607. The number of halogens is 1. The van der Waals surface area contributed by atoms with Crippen LogP contribution in [0.5, 0.6) is 0 Å². The number of methoxy groups -OCH3 is 1. The molecule has 1 N–H and O–H groups in total. The molecule has 0 fully saturated rings. The molecule has 0 bridgehead atoms. The number of aromatic nitrogens is 1. The van der Waals surface area contributed by atoms with Crippen molar-refractivity contribution >= 4 is 23.0 Å². The highest BCUT2D eigenvalue weighted by atomic mass is 32.1. The number of hydrogen-bond donors (Lipinski definition) is 1. The van der Waals surface area contributed by atoms with E-state index in [1.165, 1.54) is 30.6 Å². The quantitative estimate of drug-likeness (QED) is 0.880. The van der Waals surface area contributed by atoms with Gasteiger partial charge in [-0.2, -0.15) is 0 Å².